The van der Waals surface area contributed by atoms with E-state index >= 15 is 0 Å². The van der Waals surface area contributed by atoms with Crippen LogP contribution in [0.4, 0.5) is 0 Å². The van der Waals surface area contributed by atoms with E-state index in [2.05, 4.69) is 4.90 Å². The Labute approximate surface area is 108 Å². The van der Waals surface area contributed by atoms with Gasteiger partial charge in [-0.25, -0.2) is 0 Å². The minimum atomic E-state index is -0.499. The van der Waals surface area contributed by atoms with Gasteiger partial charge in [-0.15, -0.1) is 0 Å². The second-order valence-electron chi connectivity index (χ2n) is 5.47. The van der Waals surface area contributed by atoms with Gasteiger partial charge in [0, 0.05) is 18.7 Å². The second-order valence-corrected chi connectivity index (χ2v) is 5.47. The molecule has 1 aromatic rings. The van der Waals surface area contributed by atoms with Crippen molar-refractivity contribution in [2.24, 2.45) is 0 Å². The van der Waals surface area contributed by atoms with Gasteiger partial charge in [-0.3, -0.25) is 9.69 Å². The molecule has 0 spiro atoms. The summed E-state index contributed by atoms with van der Waals surface area (Å²) in [5, 5.41) is 9.54. The number of carbonyl (C=O) groups is 1. The summed E-state index contributed by atoms with van der Waals surface area (Å²) in [6.07, 6.45) is 1.31. The lowest BCUT2D eigenvalue weighted by molar-refractivity contribution is 0.0282. The van der Waals surface area contributed by atoms with Crippen molar-refractivity contribution < 1.29 is 9.90 Å². The van der Waals surface area contributed by atoms with Gasteiger partial charge in [0.05, 0.1) is 11.6 Å². The highest BCUT2D eigenvalue weighted by Gasteiger charge is 2.36. The Hall–Kier alpha value is -1.19. The normalized spacial score (nSPS) is 18.8. The Morgan fingerprint density at radius 3 is 2.33 bits per heavy atom. The van der Waals surface area contributed by atoms with E-state index < -0.39 is 5.54 Å². The van der Waals surface area contributed by atoms with E-state index in [0.29, 0.717) is 0 Å². The molecule has 0 bridgehead atoms. The third-order valence-electron chi connectivity index (χ3n) is 3.85. The highest BCUT2D eigenvalue weighted by molar-refractivity contribution is 6.02. The van der Waals surface area contributed by atoms with Crippen molar-refractivity contribution in [1.82, 2.24) is 4.90 Å². The lowest BCUT2D eigenvalue weighted by Gasteiger charge is -2.41. The predicted octanol–water partition coefficient (Wildman–Crippen LogP) is 2.10. The summed E-state index contributed by atoms with van der Waals surface area (Å²) in [6.45, 7) is 5.51. The molecule has 3 heteroatoms. The molecule has 3 nitrogen and oxygen atoms in total. The number of benzene rings is 1. The summed E-state index contributed by atoms with van der Waals surface area (Å²) in [6, 6.07) is 9.43. The van der Waals surface area contributed by atoms with Crippen molar-refractivity contribution in [1.29, 1.82) is 0 Å². The van der Waals surface area contributed by atoms with E-state index in [1.54, 1.807) is 0 Å². The molecule has 1 aliphatic rings. The number of piperidine rings is 1. The highest BCUT2D eigenvalue weighted by atomic mass is 16.3. The van der Waals surface area contributed by atoms with Crippen molar-refractivity contribution in [2.75, 3.05) is 13.1 Å². The third kappa shape index (κ3) is 2.62. The zero-order chi connectivity index (χ0) is 13.2. The lowest BCUT2D eigenvalue weighted by atomic mass is 9.89. The van der Waals surface area contributed by atoms with Gasteiger partial charge < -0.3 is 5.11 Å². The summed E-state index contributed by atoms with van der Waals surface area (Å²) in [7, 11) is 0. The van der Waals surface area contributed by atoms with E-state index in [1.165, 1.54) is 0 Å². The van der Waals surface area contributed by atoms with Crippen LogP contribution in [0.25, 0.3) is 0 Å². The molecule has 1 fully saturated rings. The molecule has 0 atom stereocenters. The van der Waals surface area contributed by atoms with Crippen LogP contribution in [0.1, 0.15) is 37.0 Å². The Morgan fingerprint density at radius 1 is 1.22 bits per heavy atom. The molecule has 1 aliphatic heterocycles. The number of Topliss-reactive ketones (excluding diaryl/α,β-unsaturated/α-hetero) is 1. The van der Waals surface area contributed by atoms with Crippen molar-refractivity contribution in [2.45, 2.75) is 38.3 Å². The standard InChI is InChI=1S/C15H21NO2/c1-15(2,16-10-8-13(17)9-11-16)14(18)12-6-4-3-5-7-12/h3-7,13,17H,8-11H2,1-2H3. The SMILES string of the molecule is CC(C)(C(=O)c1ccccc1)N1CCC(O)CC1. The molecule has 0 aromatic heterocycles. The minimum absolute atomic E-state index is 0.152. The summed E-state index contributed by atoms with van der Waals surface area (Å²) in [4.78, 5) is 14.7. The average Bonchev–Trinajstić information content (AvgIpc) is 2.39. The minimum Gasteiger partial charge on any atom is -0.393 e. The largest absolute Gasteiger partial charge is 0.393 e. The van der Waals surface area contributed by atoms with Crippen LogP contribution in [0.15, 0.2) is 30.3 Å². The number of likely N-dealkylation sites (tertiary alicyclic amines) is 1. The summed E-state index contributed by atoms with van der Waals surface area (Å²) in [5.41, 5.74) is 0.259. The number of ketones is 1. The van der Waals surface area contributed by atoms with Crippen LogP contribution >= 0.6 is 0 Å². The number of rotatable bonds is 3. The fourth-order valence-electron chi connectivity index (χ4n) is 2.51. The fraction of sp³-hybridized carbons (Fsp3) is 0.533. The van der Waals surface area contributed by atoms with Crippen LogP contribution in [0, 0.1) is 0 Å². The number of aliphatic hydroxyl groups is 1. The van der Waals surface area contributed by atoms with E-state index in [4.69, 9.17) is 0 Å². The summed E-state index contributed by atoms with van der Waals surface area (Å²) >= 11 is 0. The maximum atomic E-state index is 12.5. The molecule has 2 rings (SSSR count). The topological polar surface area (TPSA) is 40.5 Å². The molecular formula is C15H21NO2. The fourth-order valence-corrected chi connectivity index (χ4v) is 2.51. The van der Waals surface area contributed by atoms with Crippen LogP contribution in [0.5, 0.6) is 0 Å². The predicted molar refractivity (Wildman–Crippen MR) is 71.7 cm³/mol. The Kier molecular flexibility index (Phi) is 3.83. The smallest absolute Gasteiger partial charge is 0.182 e. The van der Waals surface area contributed by atoms with Gasteiger partial charge in [0.25, 0.3) is 0 Å². The van der Waals surface area contributed by atoms with Gasteiger partial charge in [0.1, 0.15) is 0 Å². The van der Waals surface area contributed by atoms with E-state index in [9.17, 15) is 9.90 Å². The number of hydrogen-bond acceptors (Lipinski definition) is 3. The third-order valence-corrected chi connectivity index (χ3v) is 3.85. The van der Waals surface area contributed by atoms with Crippen LogP contribution in [-0.4, -0.2) is 40.5 Å². The molecule has 1 aromatic carbocycles. The average molecular weight is 247 g/mol. The molecule has 0 amide bonds. The van der Waals surface area contributed by atoms with Crippen LogP contribution in [0.2, 0.25) is 0 Å². The zero-order valence-corrected chi connectivity index (χ0v) is 11.1. The first kappa shape index (κ1) is 13.2. The monoisotopic (exact) mass is 247 g/mol. The van der Waals surface area contributed by atoms with Crippen molar-refractivity contribution in [3.63, 3.8) is 0 Å². The molecule has 0 radical (unpaired) electrons. The Morgan fingerprint density at radius 2 is 1.78 bits per heavy atom. The number of nitrogens with zero attached hydrogens (tertiary/aromatic N) is 1. The van der Waals surface area contributed by atoms with Crippen molar-refractivity contribution >= 4 is 5.78 Å². The number of hydrogen-bond donors (Lipinski definition) is 1. The highest BCUT2D eigenvalue weighted by Crippen LogP contribution is 2.24. The molecule has 98 valence electrons. The molecule has 0 unspecified atom stereocenters. The first-order valence-electron chi connectivity index (χ1n) is 6.55. The summed E-state index contributed by atoms with van der Waals surface area (Å²) in [5.74, 6) is 0.152. The van der Waals surface area contributed by atoms with E-state index in [1.807, 2.05) is 44.2 Å². The molecule has 1 heterocycles. The van der Waals surface area contributed by atoms with Gasteiger partial charge >= 0.3 is 0 Å². The summed E-state index contributed by atoms with van der Waals surface area (Å²) < 4.78 is 0. The first-order chi connectivity index (χ1) is 8.51. The first-order valence-corrected chi connectivity index (χ1v) is 6.55. The molecule has 18 heavy (non-hydrogen) atoms. The molecule has 1 saturated heterocycles. The maximum absolute atomic E-state index is 12.5. The van der Waals surface area contributed by atoms with Crippen LogP contribution < -0.4 is 0 Å². The van der Waals surface area contributed by atoms with Gasteiger partial charge in [-0.2, -0.15) is 0 Å². The second kappa shape index (κ2) is 5.21. The van der Waals surface area contributed by atoms with Crippen LogP contribution in [0.3, 0.4) is 0 Å². The molecular weight excluding hydrogens is 226 g/mol. The Balaban J connectivity index is 2.13. The molecule has 1 N–H and O–H groups in total. The van der Waals surface area contributed by atoms with Gasteiger partial charge in [0.2, 0.25) is 0 Å². The van der Waals surface area contributed by atoms with Gasteiger partial charge in [0.15, 0.2) is 5.78 Å². The molecule has 0 saturated carbocycles. The van der Waals surface area contributed by atoms with Gasteiger partial charge in [-0.1, -0.05) is 30.3 Å². The number of carbonyl (C=O) groups excluding carboxylic acids is 1. The van der Waals surface area contributed by atoms with Crippen molar-refractivity contribution in [3.8, 4) is 0 Å². The number of aliphatic hydroxyl groups excluding tert-OH is 1. The quantitative estimate of drug-likeness (QED) is 0.832. The lowest BCUT2D eigenvalue weighted by Crippen LogP contribution is -2.53. The van der Waals surface area contributed by atoms with Crippen LogP contribution in [-0.2, 0) is 0 Å². The van der Waals surface area contributed by atoms with E-state index in [0.717, 1.165) is 31.5 Å². The molecule has 0 aliphatic carbocycles. The van der Waals surface area contributed by atoms with Crippen molar-refractivity contribution in [3.05, 3.63) is 35.9 Å². The van der Waals surface area contributed by atoms with E-state index in [-0.39, 0.29) is 11.9 Å². The zero-order valence-electron chi connectivity index (χ0n) is 11.1. The Bertz CT molecular complexity index is 406. The van der Waals surface area contributed by atoms with Gasteiger partial charge in [-0.05, 0) is 26.7 Å². The maximum Gasteiger partial charge on any atom is 0.182 e.